The van der Waals surface area contributed by atoms with Gasteiger partial charge < -0.3 is 9.47 Å². The number of rotatable bonds is 7. The van der Waals surface area contributed by atoms with Gasteiger partial charge in [0.25, 0.3) is 5.91 Å². The minimum Gasteiger partial charge on any atom is -0.424 e. The molecule has 3 rings (SSSR count). The van der Waals surface area contributed by atoms with E-state index in [9.17, 15) is 9.59 Å². The Morgan fingerprint density at radius 1 is 1.06 bits per heavy atom. The number of ether oxygens (including phenoxy) is 2. The number of carbonyl (C=O) groups is 2. The third kappa shape index (κ3) is 4.73. The van der Waals surface area contributed by atoms with Gasteiger partial charge in [0.05, 0.1) is 21.2 Å². The molecule has 0 aromatic heterocycles. The number of hydrogen-bond acceptors (Lipinski definition) is 5. The highest BCUT2D eigenvalue weighted by molar-refractivity contribution is 6.38. The van der Waals surface area contributed by atoms with Crippen LogP contribution in [-0.2, 0) is 19.1 Å². The van der Waals surface area contributed by atoms with Crippen LogP contribution in [0.5, 0.6) is 0 Å². The van der Waals surface area contributed by atoms with E-state index in [-0.39, 0.29) is 33.7 Å². The fourth-order valence-electron chi connectivity index (χ4n) is 3.12. The van der Waals surface area contributed by atoms with Crippen molar-refractivity contribution in [3.63, 3.8) is 0 Å². The average molecular weight is 485 g/mol. The third-order valence-electron chi connectivity index (χ3n) is 4.65. The first-order valence-electron chi connectivity index (χ1n) is 9.40. The van der Waals surface area contributed by atoms with Crippen molar-refractivity contribution in [1.29, 1.82) is 0 Å². The molecule has 31 heavy (non-hydrogen) atoms. The summed E-state index contributed by atoms with van der Waals surface area (Å²) in [5.74, 6) is -1.17. The van der Waals surface area contributed by atoms with Crippen molar-refractivity contribution < 1.29 is 23.9 Å². The van der Waals surface area contributed by atoms with Gasteiger partial charge >= 0.3 is 5.97 Å². The van der Waals surface area contributed by atoms with Crippen LogP contribution in [0.3, 0.4) is 0 Å². The summed E-state index contributed by atoms with van der Waals surface area (Å²) in [5, 5.41) is 1.96. The van der Waals surface area contributed by atoms with Crippen LogP contribution >= 0.6 is 34.8 Å². The van der Waals surface area contributed by atoms with E-state index in [0.29, 0.717) is 17.2 Å². The van der Waals surface area contributed by atoms with Crippen molar-refractivity contribution >= 4 is 52.3 Å². The summed E-state index contributed by atoms with van der Waals surface area (Å²) in [6, 6.07) is 11.2. The molecule has 0 aliphatic carbocycles. The molecular formula is C22H20Cl3NO5. The van der Waals surface area contributed by atoms with E-state index in [1.807, 2.05) is 0 Å². The van der Waals surface area contributed by atoms with Crippen molar-refractivity contribution in [2.24, 2.45) is 0 Å². The largest absolute Gasteiger partial charge is 0.424 e. The zero-order chi connectivity index (χ0) is 22.8. The van der Waals surface area contributed by atoms with Crippen molar-refractivity contribution in [2.45, 2.75) is 26.3 Å². The number of esters is 1. The monoisotopic (exact) mass is 483 g/mol. The molecule has 0 N–H and O–H groups in total. The highest BCUT2D eigenvalue weighted by atomic mass is 35.5. The number of carbonyl (C=O) groups excluding carboxylic acids is 2. The molecule has 164 valence electrons. The van der Waals surface area contributed by atoms with Gasteiger partial charge in [-0.3, -0.25) is 4.79 Å². The van der Waals surface area contributed by atoms with Crippen LogP contribution in [0, 0.1) is 0 Å². The summed E-state index contributed by atoms with van der Waals surface area (Å²) >= 11 is 18.5. The highest BCUT2D eigenvalue weighted by Crippen LogP contribution is 2.43. The summed E-state index contributed by atoms with van der Waals surface area (Å²) in [5.41, 5.74) is -0.545. The van der Waals surface area contributed by atoms with E-state index in [1.165, 1.54) is 12.1 Å². The molecule has 0 bridgehead atoms. The fourth-order valence-corrected chi connectivity index (χ4v) is 3.84. The second-order valence-corrected chi connectivity index (χ2v) is 8.35. The number of halogens is 3. The van der Waals surface area contributed by atoms with Crippen LogP contribution in [0.2, 0.25) is 15.1 Å². The standard InChI is InChI=1S/C22H20Cl3NO5/c1-4-29-12-30-26-20(27)18(14-10-9-13(23)11-17(14)25)19(22(26,2)3)31-21(28)15-7-5-6-8-16(15)24/h5-11H,4,12H2,1-3H3. The minimum atomic E-state index is -1.15. The molecule has 2 aromatic carbocycles. The lowest BCUT2D eigenvalue weighted by Crippen LogP contribution is -2.44. The van der Waals surface area contributed by atoms with Gasteiger partial charge in [-0.05, 0) is 45.0 Å². The van der Waals surface area contributed by atoms with Gasteiger partial charge in [0.15, 0.2) is 6.79 Å². The number of nitrogens with zero attached hydrogens (tertiary/aromatic N) is 1. The Hall–Kier alpha value is -2.09. The van der Waals surface area contributed by atoms with Crippen LogP contribution in [0.4, 0.5) is 0 Å². The average Bonchev–Trinajstić information content (AvgIpc) is 2.89. The van der Waals surface area contributed by atoms with Gasteiger partial charge in [0, 0.05) is 17.2 Å². The molecule has 1 aliphatic heterocycles. The molecule has 2 aromatic rings. The van der Waals surface area contributed by atoms with Crippen LogP contribution in [0.15, 0.2) is 48.2 Å². The normalized spacial score (nSPS) is 15.5. The highest BCUT2D eigenvalue weighted by Gasteiger charge is 2.50. The first-order chi connectivity index (χ1) is 14.7. The summed E-state index contributed by atoms with van der Waals surface area (Å²) in [7, 11) is 0. The predicted octanol–water partition coefficient (Wildman–Crippen LogP) is 5.76. The van der Waals surface area contributed by atoms with Gasteiger partial charge in [-0.2, -0.15) is 0 Å². The van der Waals surface area contributed by atoms with Crippen molar-refractivity contribution in [1.82, 2.24) is 5.06 Å². The van der Waals surface area contributed by atoms with E-state index in [0.717, 1.165) is 5.06 Å². The molecular weight excluding hydrogens is 465 g/mol. The number of amides is 1. The van der Waals surface area contributed by atoms with Gasteiger partial charge in [-0.15, -0.1) is 0 Å². The first-order valence-corrected chi connectivity index (χ1v) is 10.5. The van der Waals surface area contributed by atoms with Crippen LogP contribution < -0.4 is 0 Å². The van der Waals surface area contributed by atoms with Crippen LogP contribution in [0.25, 0.3) is 5.57 Å². The lowest BCUT2D eigenvalue weighted by molar-refractivity contribution is -0.242. The molecule has 0 spiro atoms. The van der Waals surface area contributed by atoms with Crippen molar-refractivity contribution in [3.05, 3.63) is 74.4 Å². The number of benzene rings is 2. The van der Waals surface area contributed by atoms with Crippen LogP contribution in [-0.4, -0.2) is 35.9 Å². The van der Waals surface area contributed by atoms with E-state index in [1.54, 1.807) is 51.1 Å². The Morgan fingerprint density at radius 3 is 2.42 bits per heavy atom. The molecule has 0 unspecified atom stereocenters. The number of hydrogen-bond donors (Lipinski definition) is 0. The molecule has 9 heteroatoms. The SMILES string of the molecule is CCOCON1C(=O)C(c2ccc(Cl)cc2Cl)=C(OC(=O)c2ccccc2Cl)C1(C)C. The Morgan fingerprint density at radius 2 is 1.77 bits per heavy atom. The molecule has 1 heterocycles. The van der Waals surface area contributed by atoms with Gasteiger partial charge in [0.1, 0.15) is 11.3 Å². The second kappa shape index (κ2) is 9.59. The smallest absolute Gasteiger partial charge is 0.344 e. The summed E-state index contributed by atoms with van der Waals surface area (Å²) in [4.78, 5) is 31.8. The topological polar surface area (TPSA) is 65.1 Å². The Kier molecular flexibility index (Phi) is 7.29. The zero-order valence-corrected chi connectivity index (χ0v) is 19.3. The Labute approximate surface area is 195 Å². The molecule has 0 atom stereocenters. The van der Waals surface area contributed by atoms with E-state index >= 15 is 0 Å². The molecule has 0 saturated heterocycles. The summed E-state index contributed by atoms with van der Waals surface area (Å²) < 4.78 is 10.9. The second-order valence-electron chi connectivity index (χ2n) is 7.10. The zero-order valence-electron chi connectivity index (χ0n) is 17.1. The maximum atomic E-state index is 13.3. The molecule has 1 aliphatic rings. The maximum Gasteiger partial charge on any atom is 0.344 e. The fraction of sp³-hybridized carbons (Fsp3) is 0.273. The Bertz CT molecular complexity index is 1050. The van der Waals surface area contributed by atoms with Gasteiger partial charge in [-0.25, -0.2) is 14.7 Å². The lowest BCUT2D eigenvalue weighted by atomic mass is 9.99. The molecule has 0 fully saturated rings. The van der Waals surface area contributed by atoms with Gasteiger partial charge in [0.2, 0.25) is 0 Å². The quantitative estimate of drug-likeness (QED) is 0.284. The third-order valence-corrected chi connectivity index (χ3v) is 5.52. The Balaban J connectivity index is 2.09. The van der Waals surface area contributed by atoms with Crippen LogP contribution in [0.1, 0.15) is 36.7 Å². The van der Waals surface area contributed by atoms with Crippen molar-refractivity contribution in [2.75, 3.05) is 13.4 Å². The van der Waals surface area contributed by atoms with Gasteiger partial charge in [-0.1, -0.05) is 53.0 Å². The number of hydroxylamine groups is 2. The molecule has 0 saturated carbocycles. The first kappa shape index (κ1) is 23.6. The summed E-state index contributed by atoms with van der Waals surface area (Å²) in [6.45, 7) is 5.42. The molecule has 0 radical (unpaired) electrons. The van der Waals surface area contributed by atoms with Crippen molar-refractivity contribution in [3.8, 4) is 0 Å². The summed E-state index contributed by atoms with van der Waals surface area (Å²) in [6.07, 6.45) is 0. The predicted molar refractivity (Wildman–Crippen MR) is 119 cm³/mol. The maximum absolute atomic E-state index is 13.3. The minimum absolute atomic E-state index is 0.0724. The lowest BCUT2D eigenvalue weighted by Gasteiger charge is -2.31. The molecule has 6 nitrogen and oxygen atoms in total. The molecule has 1 amide bonds. The van der Waals surface area contributed by atoms with E-state index in [2.05, 4.69) is 0 Å². The van der Waals surface area contributed by atoms with E-state index < -0.39 is 17.4 Å². The van der Waals surface area contributed by atoms with E-state index in [4.69, 9.17) is 49.1 Å².